The fourth-order valence-electron chi connectivity index (χ4n) is 5.09. The van der Waals surface area contributed by atoms with Gasteiger partial charge in [0, 0.05) is 45.5 Å². The number of aliphatic carboxylic acids is 4. The molecule has 0 aromatic heterocycles. The number of unbranched alkanes of at least 4 members (excludes halogenated alkanes) is 8. The van der Waals surface area contributed by atoms with E-state index < -0.39 is 45.5 Å². The van der Waals surface area contributed by atoms with Crippen molar-refractivity contribution in [1.82, 2.24) is 0 Å². The molecule has 0 aromatic rings. The van der Waals surface area contributed by atoms with Crippen molar-refractivity contribution >= 4 is 23.9 Å². The van der Waals surface area contributed by atoms with Crippen LogP contribution in [-0.2, 0) is 19.2 Å². The summed E-state index contributed by atoms with van der Waals surface area (Å²) in [6, 6.07) is 0. The van der Waals surface area contributed by atoms with Gasteiger partial charge in [0.05, 0.1) is 0 Å². The summed E-state index contributed by atoms with van der Waals surface area (Å²) >= 11 is 0. The Morgan fingerprint density at radius 2 is 0.612 bits per heavy atom. The van der Waals surface area contributed by atoms with E-state index in [9.17, 15) is 39.6 Å². The summed E-state index contributed by atoms with van der Waals surface area (Å²) in [6.45, 7) is 22.9. The summed E-state index contributed by atoms with van der Waals surface area (Å²) in [5.41, 5.74) is -2.48. The number of carbonyl (C=O) groups excluding carboxylic acids is 4. The van der Waals surface area contributed by atoms with E-state index in [-0.39, 0.29) is 41.7 Å². The van der Waals surface area contributed by atoms with Gasteiger partial charge >= 0.3 is 41.7 Å². The Bertz CT molecular complexity index is 774. The second kappa shape index (κ2) is 33.1. The molecule has 0 aliphatic heterocycles. The maximum atomic E-state index is 10.8. The first-order valence-corrected chi connectivity index (χ1v) is 19.0. The average molecular weight is 825 g/mol. The first kappa shape index (κ1) is 57.6. The van der Waals surface area contributed by atoms with Crippen LogP contribution in [0.4, 0.5) is 0 Å². The second-order valence-electron chi connectivity index (χ2n) is 15.4. The third-order valence-corrected chi connectivity index (χ3v) is 9.17. The van der Waals surface area contributed by atoms with Gasteiger partial charge in [-0.15, -0.1) is 0 Å². The van der Waals surface area contributed by atoms with Crippen LogP contribution in [-0.4, -0.2) is 23.9 Å². The molecule has 0 spiro atoms. The van der Waals surface area contributed by atoms with Gasteiger partial charge in [-0.05, 0) is 38.5 Å². The first-order chi connectivity index (χ1) is 22.1. The molecule has 8 nitrogen and oxygen atoms in total. The largest absolute Gasteiger partial charge is 4.00 e. The summed E-state index contributed by atoms with van der Waals surface area (Å²) in [6.07, 6.45) is 19.3. The van der Waals surface area contributed by atoms with E-state index in [0.717, 1.165) is 103 Å². The first-order valence-electron chi connectivity index (χ1n) is 19.0. The zero-order valence-corrected chi connectivity index (χ0v) is 37.0. The van der Waals surface area contributed by atoms with Gasteiger partial charge in [-0.1, -0.05) is 173 Å². The van der Waals surface area contributed by atoms with Crippen molar-refractivity contribution in [2.45, 2.75) is 212 Å². The van der Waals surface area contributed by atoms with Crippen LogP contribution in [0.3, 0.4) is 0 Å². The predicted octanol–water partition coefficient (Wildman–Crippen LogP) is 6.93. The average Bonchev–Trinajstić information content (AvgIpc) is 3.00. The summed E-state index contributed by atoms with van der Waals surface area (Å²) < 4.78 is 0. The molecule has 2 atom stereocenters. The van der Waals surface area contributed by atoms with Crippen molar-refractivity contribution in [3.8, 4) is 0 Å². The number of carboxylic acid groups (broad SMARTS) is 4. The summed E-state index contributed by atoms with van der Waals surface area (Å²) in [4.78, 5) is 42.8. The van der Waals surface area contributed by atoms with Crippen molar-refractivity contribution in [2.75, 3.05) is 0 Å². The Morgan fingerprint density at radius 1 is 0.347 bits per heavy atom. The zero-order valence-electron chi connectivity index (χ0n) is 33.9. The molecule has 0 rings (SSSR count). The number of hydrogen-bond acceptors (Lipinski definition) is 8. The van der Waals surface area contributed by atoms with Crippen molar-refractivity contribution in [1.29, 1.82) is 0 Å². The monoisotopic (exact) mass is 824 g/mol. The maximum absolute atomic E-state index is 10.8. The Labute approximate surface area is 336 Å². The minimum atomic E-state index is -0.931. The van der Waals surface area contributed by atoms with E-state index >= 15 is 0 Å². The smallest absolute Gasteiger partial charge is 0.550 e. The third kappa shape index (κ3) is 31.7. The minimum absolute atomic E-state index is 0. The van der Waals surface area contributed by atoms with Crippen LogP contribution < -0.4 is 20.4 Å². The SMILES string of the molecule is CCCCC(C)(CCC)C(=O)[O-].CCCCC(C)(CCC)C(=O)[O-].CCCCCCC(C)(C)C(=O)[O-].CCCCCCC(C)(C)C(=O)[O-].[Ce+4]. The quantitative estimate of drug-likeness (QED) is 0.0948. The molecule has 0 fully saturated rings. The van der Waals surface area contributed by atoms with Gasteiger partial charge in [0.15, 0.2) is 0 Å². The van der Waals surface area contributed by atoms with E-state index in [1.54, 1.807) is 41.5 Å². The molecular weight excluding hydrogens is 749 g/mol. The molecule has 0 aliphatic rings. The summed E-state index contributed by atoms with van der Waals surface area (Å²) in [7, 11) is 0. The molecule has 0 saturated heterocycles. The number of carboxylic acids is 4. The van der Waals surface area contributed by atoms with Gasteiger partial charge in [0.25, 0.3) is 0 Å². The van der Waals surface area contributed by atoms with Crippen LogP contribution in [0.15, 0.2) is 0 Å². The van der Waals surface area contributed by atoms with Gasteiger partial charge < -0.3 is 39.6 Å². The molecule has 0 amide bonds. The van der Waals surface area contributed by atoms with Crippen LogP contribution in [0.2, 0.25) is 0 Å². The Kier molecular flexibility index (Phi) is 38.9. The molecular formula is C40H76CeO8. The van der Waals surface area contributed by atoms with Crippen molar-refractivity contribution in [3.05, 3.63) is 0 Å². The van der Waals surface area contributed by atoms with Gasteiger partial charge in [0.1, 0.15) is 0 Å². The maximum Gasteiger partial charge on any atom is 4.00 e. The Morgan fingerprint density at radius 3 is 0.796 bits per heavy atom. The van der Waals surface area contributed by atoms with E-state index in [0.29, 0.717) is 0 Å². The molecule has 9 heteroatoms. The van der Waals surface area contributed by atoms with Gasteiger partial charge in [-0.25, -0.2) is 0 Å². The molecule has 0 aromatic carbocycles. The van der Waals surface area contributed by atoms with Gasteiger partial charge in [-0.2, -0.15) is 0 Å². The number of carbonyl (C=O) groups is 4. The van der Waals surface area contributed by atoms with Crippen molar-refractivity contribution in [2.24, 2.45) is 21.7 Å². The summed E-state index contributed by atoms with van der Waals surface area (Å²) in [5, 5.41) is 42.8. The van der Waals surface area contributed by atoms with Gasteiger partial charge in [0.2, 0.25) is 0 Å². The van der Waals surface area contributed by atoms with Crippen LogP contribution in [0.25, 0.3) is 0 Å². The predicted molar refractivity (Wildman–Crippen MR) is 190 cm³/mol. The fraction of sp³-hybridized carbons (Fsp3) is 0.900. The molecule has 0 radical (unpaired) electrons. The molecule has 2 unspecified atom stereocenters. The van der Waals surface area contributed by atoms with E-state index in [1.165, 1.54) is 25.7 Å². The molecule has 0 N–H and O–H groups in total. The third-order valence-electron chi connectivity index (χ3n) is 9.17. The molecule has 0 saturated carbocycles. The summed E-state index contributed by atoms with van der Waals surface area (Å²) in [5.74, 6) is -3.64. The topological polar surface area (TPSA) is 161 Å². The molecule has 0 aliphatic carbocycles. The van der Waals surface area contributed by atoms with Crippen LogP contribution in [0.1, 0.15) is 212 Å². The Balaban J connectivity index is -0.000000174. The van der Waals surface area contributed by atoms with E-state index in [4.69, 9.17) is 0 Å². The van der Waals surface area contributed by atoms with Crippen molar-refractivity contribution < 1.29 is 81.4 Å². The molecule has 288 valence electrons. The van der Waals surface area contributed by atoms with Gasteiger partial charge in [-0.3, -0.25) is 0 Å². The van der Waals surface area contributed by atoms with E-state index in [2.05, 4.69) is 27.7 Å². The van der Waals surface area contributed by atoms with E-state index in [1.807, 2.05) is 13.8 Å². The normalized spacial score (nSPS) is 13.3. The van der Waals surface area contributed by atoms with Crippen LogP contribution >= 0.6 is 0 Å². The standard InChI is InChI=1S/4C10H20O2.Ce/c2*1-4-5-6-7-8-10(2,3)9(11)12;2*1-4-6-8-10(3,7-5-2)9(11)12;/h4*4-8H2,1-3H3,(H,11,12);/q;;;;+4/p-4. The molecule has 0 bridgehead atoms. The minimum Gasteiger partial charge on any atom is -0.550 e. The molecule has 49 heavy (non-hydrogen) atoms. The number of rotatable bonds is 24. The van der Waals surface area contributed by atoms with Crippen LogP contribution in [0, 0.1) is 63.4 Å². The zero-order chi connectivity index (χ0) is 38.5. The van der Waals surface area contributed by atoms with Crippen LogP contribution in [0.5, 0.6) is 0 Å². The second-order valence-corrected chi connectivity index (χ2v) is 15.4. The van der Waals surface area contributed by atoms with Crippen molar-refractivity contribution in [3.63, 3.8) is 0 Å². The molecule has 0 heterocycles. The fourth-order valence-corrected chi connectivity index (χ4v) is 5.09. The Hall–Kier alpha value is -0.743. The number of hydrogen-bond donors (Lipinski definition) is 0.